The maximum absolute atomic E-state index is 5.74. The fraction of sp³-hybridized carbons (Fsp3) is 0.407. The van der Waals surface area contributed by atoms with Gasteiger partial charge in [0.1, 0.15) is 11.6 Å². The van der Waals surface area contributed by atoms with E-state index in [0.717, 1.165) is 34.7 Å². The largest absolute Gasteiger partial charge is 0.494 e. The van der Waals surface area contributed by atoms with Crippen molar-refractivity contribution in [2.45, 2.75) is 18.9 Å². The Morgan fingerprint density at radius 2 is 1.69 bits per heavy atom. The number of likely N-dealkylation sites (N-methyl/N-ethyl adjacent to an activating group) is 1. The number of nitrogens with zero attached hydrogens (tertiary/aromatic N) is 5. The number of piperidine rings is 1. The average Bonchev–Trinajstić information content (AvgIpc) is 2.92. The highest BCUT2D eigenvalue weighted by Crippen LogP contribution is 2.34. The molecule has 0 aliphatic carbocycles. The van der Waals surface area contributed by atoms with E-state index in [1.54, 1.807) is 13.3 Å². The summed E-state index contributed by atoms with van der Waals surface area (Å²) in [5.41, 5.74) is 2.99. The van der Waals surface area contributed by atoms with E-state index < -0.39 is 0 Å². The number of aromatic nitrogens is 2. The van der Waals surface area contributed by atoms with Crippen LogP contribution in [0.1, 0.15) is 12.8 Å². The number of ether oxygens (including phenoxy) is 1. The van der Waals surface area contributed by atoms with E-state index in [1.807, 2.05) is 30.3 Å². The van der Waals surface area contributed by atoms with Gasteiger partial charge in [-0.15, -0.1) is 0 Å². The molecule has 8 nitrogen and oxygen atoms in total. The molecule has 2 aliphatic heterocycles. The van der Waals surface area contributed by atoms with Gasteiger partial charge in [0.25, 0.3) is 0 Å². The average molecular weight is 553 g/mol. The Hall–Kier alpha value is -2.88. The van der Waals surface area contributed by atoms with Crippen molar-refractivity contribution >= 4 is 44.8 Å². The monoisotopic (exact) mass is 551 g/mol. The smallest absolute Gasteiger partial charge is 0.229 e. The molecule has 36 heavy (non-hydrogen) atoms. The minimum absolute atomic E-state index is 0.496. The molecule has 2 saturated heterocycles. The first-order valence-corrected chi connectivity index (χ1v) is 13.4. The lowest BCUT2D eigenvalue weighted by Gasteiger charge is -2.42. The second-order valence-corrected chi connectivity index (χ2v) is 10.3. The highest BCUT2D eigenvalue weighted by atomic mass is 79.9. The number of piperazine rings is 1. The van der Waals surface area contributed by atoms with Crippen molar-refractivity contribution in [1.82, 2.24) is 19.8 Å². The molecule has 2 aromatic carbocycles. The lowest BCUT2D eigenvalue weighted by molar-refractivity contribution is 0.0982. The Morgan fingerprint density at radius 1 is 0.944 bits per heavy atom. The van der Waals surface area contributed by atoms with Gasteiger partial charge in [-0.25, -0.2) is 4.98 Å². The molecule has 2 fully saturated rings. The zero-order chi connectivity index (χ0) is 24.9. The predicted octanol–water partition coefficient (Wildman–Crippen LogP) is 4.95. The summed E-state index contributed by atoms with van der Waals surface area (Å²) >= 11 is 3.54. The second kappa shape index (κ2) is 11.5. The maximum atomic E-state index is 5.74. The minimum Gasteiger partial charge on any atom is -0.494 e. The molecule has 0 saturated carbocycles. The van der Waals surface area contributed by atoms with Crippen molar-refractivity contribution < 1.29 is 4.74 Å². The molecule has 0 bridgehead atoms. The molecule has 0 amide bonds. The van der Waals surface area contributed by atoms with Crippen molar-refractivity contribution in [3.8, 4) is 5.75 Å². The van der Waals surface area contributed by atoms with Crippen molar-refractivity contribution in [2.24, 2.45) is 0 Å². The number of anilines is 5. The number of nitrogens with one attached hydrogen (secondary N) is 2. The molecule has 2 N–H and O–H groups in total. The number of halogens is 1. The Balaban J connectivity index is 1.24. The predicted molar refractivity (Wildman–Crippen MR) is 150 cm³/mol. The normalized spacial score (nSPS) is 17.7. The molecule has 3 heterocycles. The quantitative estimate of drug-likeness (QED) is 0.427. The minimum atomic E-state index is 0.496. The molecule has 2 aliphatic rings. The molecule has 5 rings (SSSR count). The van der Waals surface area contributed by atoms with Crippen LogP contribution >= 0.6 is 15.9 Å². The van der Waals surface area contributed by atoms with Crippen molar-refractivity contribution in [2.75, 3.05) is 69.0 Å². The van der Waals surface area contributed by atoms with Gasteiger partial charge in [-0.3, -0.25) is 4.90 Å². The molecule has 9 heteroatoms. The van der Waals surface area contributed by atoms with Gasteiger partial charge in [-0.05, 0) is 60.1 Å². The van der Waals surface area contributed by atoms with Gasteiger partial charge in [-0.1, -0.05) is 18.2 Å². The topological polar surface area (TPSA) is 68.8 Å². The number of rotatable bonds is 7. The number of hydrogen-bond donors (Lipinski definition) is 2. The lowest BCUT2D eigenvalue weighted by atomic mass is 10.0. The summed E-state index contributed by atoms with van der Waals surface area (Å²) in [5, 5.41) is 6.65. The van der Waals surface area contributed by atoms with Gasteiger partial charge >= 0.3 is 0 Å². The molecule has 3 aromatic rings. The van der Waals surface area contributed by atoms with Crippen LogP contribution in [-0.2, 0) is 0 Å². The molecule has 0 atom stereocenters. The second-order valence-electron chi connectivity index (χ2n) is 9.45. The summed E-state index contributed by atoms with van der Waals surface area (Å²) in [7, 11) is 3.92. The summed E-state index contributed by atoms with van der Waals surface area (Å²) in [6.07, 6.45) is 4.15. The van der Waals surface area contributed by atoms with Gasteiger partial charge in [0.05, 0.1) is 17.3 Å². The SMILES string of the molecule is COc1cc(N2CCC(N3CCN(C)CC3)CC2)ccc1Nc1ncc(Br)c(Nc2ccccc2)n1. The Labute approximate surface area is 221 Å². The molecule has 0 unspecified atom stereocenters. The zero-order valence-corrected chi connectivity index (χ0v) is 22.5. The van der Waals surface area contributed by atoms with E-state index in [0.29, 0.717) is 17.8 Å². The van der Waals surface area contributed by atoms with Crippen molar-refractivity contribution in [1.29, 1.82) is 0 Å². The number of hydrogen-bond acceptors (Lipinski definition) is 8. The van der Waals surface area contributed by atoms with Crippen LogP contribution < -0.4 is 20.3 Å². The van der Waals surface area contributed by atoms with E-state index in [1.165, 1.54) is 44.7 Å². The zero-order valence-electron chi connectivity index (χ0n) is 21.0. The first-order chi connectivity index (χ1) is 17.6. The van der Waals surface area contributed by atoms with Crippen LogP contribution in [-0.4, -0.2) is 79.2 Å². The summed E-state index contributed by atoms with van der Waals surface area (Å²) in [4.78, 5) is 16.7. The van der Waals surface area contributed by atoms with Crippen LogP contribution in [0, 0.1) is 0 Å². The van der Waals surface area contributed by atoms with Crippen LogP contribution in [0.5, 0.6) is 5.75 Å². The first-order valence-electron chi connectivity index (χ1n) is 12.6. The third-order valence-corrected chi connectivity index (χ3v) is 7.68. The van der Waals surface area contributed by atoms with Crippen LogP contribution in [0.3, 0.4) is 0 Å². The highest BCUT2D eigenvalue weighted by Gasteiger charge is 2.27. The summed E-state index contributed by atoms with van der Waals surface area (Å²) in [5.74, 6) is 1.96. The van der Waals surface area contributed by atoms with Gasteiger partial charge in [0.15, 0.2) is 0 Å². The highest BCUT2D eigenvalue weighted by molar-refractivity contribution is 9.10. The fourth-order valence-corrected chi connectivity index (χ4v) is 5.24. The van der Waals surface area contributed by atoms with E-state index >= 15 is 0 Å². The van der Waals surface area contributed by atoms with Crippen LogP contribution in [0.15, 0.2) is 59.2 Å². The third-order valence-electron chi connectivity index (χ3n) is 7.10. The molecule has 190 valence electrons. The van der Waals surface area contributed by atoms with Gasteiger partial charge in [0.2, 0.25) is 5.95 Å². The molecular weight excluding hydrogens is 518 g/mol. The fourth-order valence-electron chi connectivity index (χ4n) is 4.95. The van der Waals surface area contributed by atoms with Crippen LogP contribution in [0.4, 0.5) is 28.8 Å². The number of methoxy groups -OCH3 is 1. The lowest BCUT2D eigenvalue weighted by Crippen LogP contribution is -2.52. The maximum Gasteiger partial charge on any atom is 0.229 e. The van der Waals surface area contributed by atoms with Crippen molar-refractivity contribution in [3.63, 3.8) is 0 Å². The van der Waals surface area contributed by atoms with Crippen molar-refractivity contribution in [3.05, 3.63) is 59.2 Å². The van der Waals surface area contributed by atoms with Crippen LogP contribution in [0.2, 0.25) is 0 Å². The standard InChI is InChI=1S/C27H34BrN7O/c1-33-14-16-35(17-15-33)21-10-12-34(13-11-21)22-8-9-24(25(18-22)36-2)31-27-29-19-23(28)26(32-27)30-20-6-4-3-5-7-20/h3-9,18-19,21H,10-17H2,1-2H3,(H2,29,30,31,32). The Bertz CT molecular complexity index is 1150. The van der Waals surface area contributed by atoms with E-state index in [2.05, 4.69) is 76.5 Å². The van der Waals surface area contributed by atoms with E-state index in [-0.39, 0.29) is 0 Å². The Kier molecular flexibility index (Phi) is 7.89. The third kappa shape index (κ3) is 5.91. The van der Waals surface area contributed by atoms with Crippen LogP contribution in [0.25, 0.3) is 0 Å². The molecule has 0 spiro atoms. The first kappa shape index (κ1) is 24.8. The molecular formula is C27H34BrN7O. The molecule has 0 radical (unpaired) electrons. The van der Waals surface area contributed by atoms with E-state index in [9.17, 15) is 0 Å². The summed E-state index contributed by atoms with van der Waals surface area (Å²) in [6.45, 7) is 6.87. The Morgan fingerprint density at radius 3 is 2.42 bits per heavy atom. The van der Waals surface area contributed by atoms with Gasteiger partial charge in [0, 0.05) is 68.9 Å². The van der Waals surface area contributed by atoms with E-state index in [4.69, 9.17) is 4.74 Å². The summed E-state index contributed by atoms with van der Waals surface area (Å²) in [6, 6.07) is 17.0. The van der Waals surface area contributed by atoms with Gasteiger partial charge < -0.3 is 25.2 Å². The molecule has 1 aromatic heterocycles. The number of benzene rings is 2. The number of para-hydroxylation sites is 1. The van der Waals surface area contributed by atoms with Gasteiger partial charge in [-0.2, -0.15) is 4.98 Å². The summed E-state index contributed by atoms with van der Waals surface area (Å²) < 4.78 is 6.53.